The number of amides is 1. The van der Waals surface area contributed by atoms with E-state index in [2.05, 4.69) is 17.2 Å². The Morgan fingerprint density at radius 2 is 2.00 bits per heavy atom. The first-order valence-corrected chi connectivity index (χ1v) is 13.7. The van der Waals surface area contributed by atoms with Gasteiger partial charge in [-0.1, -0.05) is 13.3 Å². The largest absolute Gasteiger partial charge is 0.510 e. The van der Waals surface area contributed by atoms with Crippen molar-refractivity contribution in [2.45, 2.75) is 57.1 Å². The lowest BCUT2D eigenvalue weighted by atomic mass is 9.58. The second-order valence-electron chi connectivity index (χ2n) is 11.6. The number of fused-ring (bicyclic) bond motifs is 2. The molecule has 5 rings (SSSR count). The highest BCUT2D eigenvalue weighted by atomic mass is 19.1. The highest BCUT2D eigenvalue weighted by Gasteiger charge is 2.82. The van der Waals surface area contributed by atoms with Gasteiger partial charge in [-0.25, -0.2) is 9.13 Å². The molecule has 2 saturated carbocycles. The Balaban J connectivity index is 1.56. The molecule has 10 nitrogen and oxygen atoms in total. The Bertz CT molecular complexity index is 1400. The lowest BCUT2D eigenvalue weighted by Gasteiger charge is -2.48. The van der Waals surface area contributed by atoms with E-state index >= 15 is 4.39 Å². The van der Waals surface area contributed by atoms with Crippen LogP contribution in [-0.2, 0) is 25.5 Å². The number of rotatable bonds is 9. The second kappa shape index (κ2) is 10.1. The molecule has 0 bridgehead atoms. The van der Waals surface area contributed by atoms with Crippen LogP contribution in [0.3, 0.4) is 0 Å². The summed E-state index contributed by atoms with van der Waals surface area (Å²) in [6, 6.07) is 0.237. The number of hydrogen-bond donors (Lipinski definition) is 5. The third-order valence-electron chi connectivity index (χ3n) is 9.23. The van der Waals surface area contributed by atoms with Gasteiger partial charge in [-0.05, 0) is 45.2 Å². The maximum absolute atomic E-state index is 15.4. The van der Waals surface area contributed by atoms with Gasteiger partial charge in [0.2, 0.25) is 7.11 Å². The number of ether oxygens (including phenoxy) is 1. The number of benzene rings is 1. The number of allylic oxidation sites excluding steroid dienone is 1. The van der Waals surface area contributed by atoms with E-state index in [1.165, 1.54) is 0 Å². The van der Waals surface area contributed by atoms with Gasteiger partial charge in [-0.2, -0.15) is 6.42 Å². The maximum Gasteiger partial charge on any atom is 0.213 e. The summed E-state index contributed by atoms with van der Waals surface area (Å²) in [6.07, 6.45) is 2.18. The zero-order valence-corrected chi connectivity index (χ0v) is 23.3. The van der Waals surface area contributed by atoms with Gasteiger partial charge >= 0.3 is 0 Å². The molecule has 220 valence electrons. The monoisotopic (exact) mass is 570 g/mol. The summed E-state index contributed by atoms with van der Waals surface area (Å²) in [5.41, 5.74) is -4.11. The number of Topliss-reactive ketones (excluding diaryl/α,β-unsaturated/α-hetero) is 2. The summed E-state index contributed by atoms with van der Waals surface area (Å²) in [4.78, 5) is 41.2. The van der Waals surface area contributed by atoms with Crippen LogP contribution in [0.25, 0.3) is 5.76 Å². The van der Waals surface area contributed by atoms with E-state index in [9.17, 15) is 34.8 Å². The highest BCUT2D eigenvalue weighted by Crippen LogP contribution is 2.74. The number of anilines is 1. The van der Waals surface area contributed by atoms with Gasteiger partial charge in [0.1, 0.15) is 22.9 Å². The molecule has 1 amide bonds. The van der Waals surface area contributed by atoms with Gasteiger partial charge in [0.25, 0.3) is 0 Å². The number of aliphatic hydroxyl groups excluding tert-OH is 2. The average molecular weight is 571 g/mol. The van der Waals surface area contributed by atoms with Gasteiger partial charge in [0, 0.05) is 23.6 Å². The van der Waals surface area contributed by atoms with E-state index in [4.69, 9.17) is 0 Å². The number of aliphatic hydroxyl groups is 3. The third kappa shape index (κ3) is 4.08. The van der Waals surface area contributed by atoms with E-state index < -0.39 is 63.7 Å². The minimum Gasteiger partial charge on any atom is -0.510 e. The summed E-state index contributed by atoms with van der Waals surface area (Å²) < 4.78 is 20.1. The highest BCUT2D eigenvalue weighted by molar-refractivity contribution is 6.13. The Hall–Kier alpha value is -3.41. The van der Waals surface area contributed by atoms with Crippen molar-refractivity contribution in [3.8, 4) is 5.75 Å². The fourth-order valence-corrected chi connectivity index (χ4v) is 7.40. The normalized spacial score (nSPS) is 30.0. The molecule has 5 atom stereocenters. The number of unbranched alkanes of at least 4 members (excludes halogenated alkanes) is 1. The number of phenolic OH excluding ortho intramolecular Hbond substituents is 1. The molecule has 2 fully saturated rings. The molecule has 1 aromatic carbocycles. The van der Waals surface area contributed by atoms with Crippen LogP contribution in [0.4, 0.5) is 10.1 Å². The number of likely N-dealkylation sites (N-methyl/N-ethyl adjacent to an activating group) is 1. The third-order valence-corrected chi connectivity index (χ3v) is 9.23. The molecule has 0 saturated heterocycles. The van der Waals surface area contributed by atoms with Crippen LogP contribution in [0, 0.1) is 36.6 Å². The van der Waals surface area contributed by atoms with Crippen molar-refractivity contribution in [2.24, 2.45) is 17.3 Å². The summed E-state index contributed by atoms with van der Waals surface area (Å²) in [6.45, 7) is 1.92. The van der Waals surface area contributed by atoms with E-state index in [1.54, 1.807) is 32.3 Å². The molecular formula is C30H35FN2O8. The molecule has 1 aromatic rings. The van der Waals surface area contributed by atoms with Crippen LogP contribution >= 0.6 is 0 Å². The molecule has 11 heteroatoms. The molecule has 41 heavy (non-hydrogen) atoms. The van der Waals surface area contributed by atoms with Gasteiger partial charge in [-0.3, -0.25) is 19.3 Å². The SMILES string of the molecule is [CH2+]OCC[CH-]CC(=O)Nc1cc(F)c2c(c1O)C(O)=C1C(=O)C34CC3(O)C(C(=O)CC)=C(O)C(N(C)C)C4CC1C2. The van der Waals surface area contributed by atoms with Crippen molar-refractivity contribution in [2.75, 3.05) is 26.0 Å². The number of ketones is 2. The van der Waals surface area contributed by atoms with E-state index in [-0.39, 0.29) is 65.8 Å². The van der Waals surface area contributed by atoms with Gasteiger partial charge in [0.05, 0.1) is 34.9 Å². The number of nitrogens with one attached hydrogen (secondary N) is 1. The van der Waals surface area contributed by atoms with Crippen molar-refractivity contribution in [3.05, 3.63) is 53.4 Å². The predicted molar refractivity (Wildman–Crippen MR) is 146 cm³/mol. The van der Waals surface area contributed by atoms with Crippen LogP contribution in [0.15, 0.2) is 23.0 Å². The van der Waals surface area contributed by atoms with Crippen LogP contribution in [0.1, 0.15) is 50.2 Å². The Morgan fingerprint density at radius 1 is 1.29 bits per heavy atom. The van der Waals surface area contributed by atoms with Crippen LogP contribution in [0.2, 0.25) is 0 Å². The van der Waals surface area contributed by atoms with Crippen LogP contribution in [-0.4, -0.2) is 75.1 Å². The number of carbonyl (C=O) groups is 3. The van der Waals surface area contributed by atoms with E-state index in [0.717, 1.165) is 6.07 Å². The Labute approximate surface area is 237 Å². The molecular weight excluding hydrogens is 535 g/mol. The number of aromatic hydroxyl groups is 1. The van der Waals surface area contributed by atoms with E-state index in [1.807, 2.05) is 0 Å². The smallest absolute Gasteiger partial charge is 0.213 e. The lowest BCUT2D eigenvalue weighted by molar-refractivity contribution is -0.132. The molecule has 0 aromatic heterocycles. The maximum atomic E-state index is 15.4. The zero-order valence-electron chi connectivity index (χ0n) is 23.3. The first-order chi connectivity index (χ1) is 19.3. The molecule has 5 N–H and O–H groups in total. The van der Waals surface area contributed by atoms with E-state index in [0.29, 0.717) is 13.0 Å². The first-order valence-electron chi connectivity index (χ1n) is 13.7. The molecule has 4 aliphatic carbocycles. The van der Waals surface area contributed by atoms with Crippen molar-refractivity contribution in [1.82, 2.24) is 4.90 Å². The summed E-state index contributed by atoms with van der Waals surface area (Å²) in [5, 5.41) is 47.8. The Kier molecular flexibility index (Phi) is 7.20. The minimum absolute atomic E-state index is 0.000425. The number of halogens is 1. The summed E-state index contributed by atoms with van der Waals surface area (Å²) in [7, 11) is 6.66. The molecule has 1 spiro atoms. The van der Waals surface area contributed by atoms with Gasteiger partial charge in [0.15, 0.2) is 23.2 Å². The number of hydrogen-bond acceptors (Lipinski definition) is 9. The van der Waals surface area contributed by atoms with Crippen LogP contribution in [0.5, 0.6) is 5.75 Å². The first kappa shape index (κ1) is 29.1. The molecule has 0 heterocycles. The number of nitrogens with zero attached hydrogens (tertiary/aromatic N) is 1. The number of phenols is 1. The molecule has 5 unspecified atom stereocenters. The lowest BCUT2D eigenvalue weighted by Crippen LogP contribution is -2.56. The Morgan fingerprint density at radius 3 is 2.63 bits per heavy atom. The molecule has 0 radical (unpaired) electrons. The molecule has 4 aliphatic rings. The summed E-state index contributed by atoms with van der Waals surface area (Å²) >= 11 is 0. The van der Waals surface area contributed by atoms with Crippen molar-refractivity contribution >= 4 is 28.9 Å². The average Bonchev–Trinajstić information content (AvgIpc) is 3.54. The van der Waals surface area contributed by atoms with Crippen molar-refractivity contribution in [1.29, 1.82) is 0 Å². The van der Waals surface area contributed by atoms with Crippen LogP contribution < -0.4 is 5.32 Å². The second-order valence-corrected chi connectivity index (χ2v) is 11.6. The quantitative estimate of drug-likeness (QED) is 0.171. The van der Waals surface area contributed by atoms with Gasteiger partial charge < -0.3 is 32.2 Å². The fourth-order valence-electron chi connectivity index (χ4n) is 7.40. The van der Waals surface area contributed by atoms with Gasteiger partial charge in [-0.15, -0.1) is 0 Å². The minimum atomic E-state index is -1.89. The van der Waals surface area contributed by atoms with Crippen molar-refractivity contribution in [3.63, 3.8) is 0 Å². The van der Waals surface area contributed by atoms with Crippen molar-refractivity contribution < 1.29 is 43.9 Å². The predicted octanol–water partition coefficient (Wildman–Crippen LogP) is 3.15. The zero-order chi connectivity index (χ0) is 30.0. The fraction of sp³-hybridized carbons (Fsp3) is 0.500. The molecule has 0 aliphatic heterocycles. The summed E-state index contributed by atoms with van der Waals surface area (Å²) in [5.74, 6) is -5.06. The topological polar surface area (TPSA) is 157 Å². The number of carbonyl (C=O) groups excluding carboxylic acids is 3. The standard InChI is InChI=1S/C30H35FN2O8/c1-5-19(34)23-27(38)24(33(2)3)16-11-14-10-15-17(31)12-18(32-20(35)8-6-7-9-41-4)25(36)22(15)26(37)21(14)28(39)29(16)13-30(23,29)40/h6,12,14,16,24,36-38,40H,4-5,7-11,13H2,1-3H3,(H,32,35).